The smallest absolute Gasteiger partial charge is 0.224 e. The summed E-state index contributed by atoms with van der Waals surface area (Å²) in [4.78, 5) is 11.9. The van der Waals surface area contributed by atoms with Crippen LogP contribution in [0.25, 0.3) is 0 Å². The third kappa shape index (κ3) is 4.20. The van der Waals surface area contributed by atoms with Crippen LogP contribution in [0.5, 0.6) is 0 Å². The summed E-state index contributed by atoms with van der Waals surface area (Å²) in [6.45, 7) is 4.97. The van der Waals surface area contributed by atoms with E-state index in [2.05, 4.69) is 19.2 Å². The molecule has 3 heteroatoms. The van der Waals surface area contributed by atoms with E-state index in [4.69, 9.17) is 5.73 Å². The van der Waals surface area contributed by atoms with Gasteiger partial charge >= 0.3 is 0 Å². The first-order valence-electron chi connectivity index (χ1n) is 6.14. The summed E-state index contributed by atoms with van der Waals surface area (Å²) in [5, 5.41) is 2.99. The number of carbonyl (C=O) groups is 1. The van der Waals surface area contributed by atoms with E-state index >= 15 is 0 Å². The molecule has 0 saturated heterocycles. The number of nitrogens with one attached hydrogen (secondary N) is 1. The van der Waals surface area contributed by atoms with Gasteiger partial charge in [-0.1, -0.05) is 33.1 Å². The highest BCUT2D eigenvalue weighted by Gasteiger charge is 2.26. The lowest BCUT2D eigenvalue weighted by Gasteiger charge is -2.21. The topological polar surface area (TPSA) is 55.1 Å². The molecule has 3 N–H and O–H groups in total. The van der Waals surface area contributed by atoms with E-state index in [1.54, 1.807) is 0 Å². The fourth-order valence-electron chi connectivity index (χ4n) is 2.10. The van der Waals surface area contributed by atoms with Crippen LogP contribution < -0.4 is 11.1 Å². The fraction of sp³-hybridized carbons (Fsp3) is 0.917. The van der Waals surface area contributed by atoms with Crippen molar-refractivity contribution >= 4 is 5.91 Å². The Morgan fingerprint density at radius 3 is 2.67 bits per heavy atom. The molecule has 1 aliphatic carbocycles. The van der Waals surface area contributed by atoms with Crippen molar-refractivity contribution < 1.29 is 4.79 Å². The summed E-state index contributed by atoms with van der Waals surface area (Å²) in [7, 11) is 0. The molecular weight excluding hydrogens is 188 g/mol. The summed E-state index contributed by atoms with van der Waals surface area (Å²) in [6, 6.07) is 0.0691. The first-order chi connectivity index (χ1) is 7.11. The molecule has 3 nitrogen and oxygen atoms in total. The number of amides is 1. The van der Waals surface area contributed by atoms with Crippen LogP contribution >= 0.6 is 0 Å². The Morgan fingerprint density at radius 2 is 2.00 bits per heavy atom. The molecule has 88 valence electrons. The highest BCUT2D eigenvalue weighted by atomic mass is 16.1. The molecule has 1 amide bonds. The Balaban J connectivity index is 2.41. The molecule has 2 unspecified atom stereocenters. The molecule has 1 rings (SSSR count). The van der Waals surface area contributed by atoms with Gasteiger partial charge in [0.15, 0.2) is 0 Å². The van der Waals surface area contributed by atoms with Crippen LogP contribution in [-0.4, -0.2) is 18.5 Å². The van der Waals surface area contributed by atoms with Crippen molar-refractivity contribution in [3.63, 3.8) is 0 Å². The summed E-state index contributed by atoms with van der Waals surface area (Å²) >= 11 is 0. The third-order valence-electron chi connectivity index (χ3n) is 3.09. The molecule has 1 saturated carbocycles. The summed E-state index contributed by atoms with van der Waals surface area (Å²) < 4.78 is 0. The second-order valence-corrected chi connectivity index (χ2v) is 5.05. The molecule has 15 heavy (non-hydrogen) atoms. The Bertz CT molecular complexity index is 204. The Morgan fingerprint density at radius 1 is 1.33 bits per heavy atom. The molecule has 1 fully saturated rings. The SMILES string of the molecule is CC(C)CNC(=O)C1CCCCCC1N. The average molecular weight is 212 g/mol. The van der Waals surface area contributed by atoms with Crippen LogP contribution in [0.15, 0.2) is 0 Å². The van der Waals surface area contributed by atoms with Crippen LogP contribution in [-0.2, 0) is 4.79 Å². The van der Waals surface area contributed by atoms with Crippen LogP contribution in [0.3, 0.4) is 0 Å². The van der Waals surface area contributed by atoms with Gasteiger partial charge in [-0.05, 0) is 18.8 Å². The average Bonchev–Trinajstić information content (AvgIpc) is 2.39. The van der Waals surface area contributed by atoms with Crippen molar-refractivity contribution in [1.82, 2.24) is 5.32 Å². The van der Waals surface area contributed by atoms with E-state index in [1.165, 1.54) is 12.8 Å². The molecule has 1 aliphatic rings. The molecule has 0 bridgehead atoms. The largest absolute Gasteiger partial charge is 0.356 e. The third-order valence-corrected chi connectivity index (χ3v) is 3.09. The second-order valence-electron chi connectivity index (χ2n) is 5.05. The molecule has 0 aromatic heterocycles. The van der Waals surface area contributed by atoms with E-state index in [9.17, 15) is 4.79 Å². The van der Waals surface area contributed by atoms with Gasteiger partial charge in [0.05, 0.1) is 5.92 Å². The molecule has 0 aromatic rings. The van der Waals surface area contributed by atoms with Gasteiger partial charge in [-0.15, -0.1) is 0 Å². The van der Waals surface area contributed by atoms with Gasteiger partial charge < -0.3 is 11.1 Å². The van der Waals surface area contributed by atoms with Crippen molar-refractivity contribution in [2.24, 2.45) is 17.6 Å². The minimum absolute atomic E-state index is 0.0475. The normalized spacial score (nSPS) is 27.5. The van der Waals surface area contributed by atoms with E-state index in [-0.39, 0.29) is 17.9 Å². The number of nitrogens with two attached hydrogens (primary N) is 1. The maximum atomic E-state index is 11.9. The predicted octanol–water partition coefficient (Wildman–Crippen LogP) is 1.67. The zero-order valence-corrected chi connectivity index (χ0v) is 9.96. The molecule has 0 radical (unpaired) electrons. The van der Waals surface area contributed by atoms with Gasteiger partial charge in [0.2, 0.25) is 5.91 Å². The molecule has 0 aliphatic heterocycles. The van der Waals surface area contributed by atoms with E-state index in [1.807, 2.05) is 0 Å². The summed E-state index contributed by atoms with van der Waals surface area (Å²) in [5.74, 6) is 0.723. The van der Waals surface area contributed by atoms with Gasteiger partial charge in [0.1, 0.15) is 0 Å². The van der Waals surface area contributed by atoms with Crippen molar-refractivity contribution in [3.05, 3.63) is 0 Å². The minimum Gasteiger partial charge on any atom is -0.356 e. The maximum Gasteiger partial charge on any atom is 0.224 e. The monoisotopic (exact) mass is 212 g/mol. The van der Waals surface area contributed by atoms with Gasteiger partial charge in [-0.25, -0.2) is 0 Å². The zero-order valence-electron chi connectivity index (χ0n) is 9.96. The molecule has 0 heterocycles. The summed E-state index contributed by atoms with van der Waals surface area (Å²) in [5.41, 5.74) is 6.03. The molecule has 2 atom stereocenters. The lowest BCUT2D eigenvalue weighted by molar-refractivity contribution is -0.125. The van der Waals surface area contributed by atoms with Crippen LogP contribution in [0, 0.1) is 11.8 Å². The standard InChI is InChI=1S/C12H24N2O/c1-9(2)8-14-12(15)10-6-4-3-5-7-11(10)13/h9-11H,3-8,13H2,1-2H3,(H,14,15). The second kappa shape index (κ2) is 6.11. The number of hydrogen-bond acceptors (Lipinski definition) is 2. The predicted molar refractivity (Wildman–Crippen MR) is 62.4 cm³/mol. The number of hydrogen-bond donors (Lipinski definition) is 2. The highest BCUT2D eigenvalue weighted by Crippen LogP contribution is 2.22. The number of carbonyl (C=O) groups excluding carboxylic acids is 1. The maximum absolute atomic E-state index is 11.9. The van der Waals surface area contributed by atoms with Crippen molar-refractivity contribution in [3.8, 4) is 0 Å². The van der Waals surface area contributed by atoms with E-state index < -0.39 is 0 Å². The Hall–Kier alpha value is -0.570. The minimum atomic E-state index is 0.0475. The van der Waals surface area contributed by atoms with Gasteiger partial charge in [0, 0.05) is 12.6 Å². The lowest BCUT2D eigenvalue weighted by atomic mass is 9.94. The Labute approximate surface area is 92.8 Å². The fourth-order valence-corrected chi connectivity index (χ4v) is 2.10. The molecular formula is C12H24N2O. The first kappa shape index (κ1) is 12.5. The quantitative estimate of drug-likeness (QED) is 0.699. The number of rotatable bonds is 3. The molecule has 0 aromatic carbocycles. The first-order valence-corrected chi connectivity index (χ1v) is 6.14. The Kier molecular flexibility index (Phi) is 5.09. The van der Waals surface area contributed by atoms with Gasteiger partial charge in [-0.2, -0.15) is 0 Å². The van der Waals surface area contributed by atoms with Gasteiger partial charge in [0.25, 0.3) is 0 Å². The van der Waals surface area contributed by atoms with Crippen LogP contribution in [0.4, 0.5) is 0 Å². The van der Waals surface area contributed by atoms with E-state index in [0.29, 0.717) is 5.92 Å². The van der Waals surface area contributed by atoms with Crippen LogP contribution in [0.1, 0.15) is 46.0 Å². The van der Waals surface area contributed by atoms with Gasteiger partial charge in [-0.3, -0.25) is 4.79 Å². The van der Waals surface area contributed by atoms with Crippen molar-refractivity contribution in [2.75, 3.05) is 6.54 Å². The zero-order chi connectivity index (χ0) is 11.3. The van der Waals surface area contributed by atoms with Crippen molar-refractivity contribution in [1.29, 1.82) is 0 Å². The van der Waals surface area contributed by atoms with Crippen molar-refractivity contribution in [2.45, 2.75) is 52.0 Å². The summed E-state index contributed by atoms with van der Waals surface area (Å²) in [6.07, 6.45) is 5.51. The van der Waals surface area contributed by atoms with E-state index in [0.717, 1.165) is 25.8 Å². The highest BCUT2D eigenvalue weighted by molar-refractivity contribution is 5.79. The lowest BCUT2D eigenvalue weighted by Crippen LogP contribution is -2.42. The molecule has 0 spiro atoms. The van der Waals surface area contributed by atoms with Crippen LogP contribution in [0.2, 0.25) is 0 Å².